The largest absolute Gasteiger partial charge is 0.480 e. The third-order valence-corrected chi connectivity index (χ3v) is 2.88. The number of hydrogen-bond donors (Lipinski definition) is 1. The zero-order valence-electron chi connectivity index (χ0n) is 11.2. The van der Waals surface area contributed by atoms with Gasteiger partial charge >= 0.3 is 0 Å². The van der Waals surface area contributed by atoms with E-state index in [4.69, 9.17) is 9.15 Å². The summed E-state index contributed by atoms with van der Waals surface area (Å²) in [5.41, 5.74) is 2.03. The highest BCUT2D eigenvalue weighted by Gasteiger charge is 2.14. The van der Waals surface area contributed by atoms with E-state index >= 15 is 0 Å². The molecule has 2 rings (SSSR count). The Morgan fingerprint density at radius 2 is 2.17 bits per heavy atom. The van der Waals surface area contributed by atoms with Gasteiger partial charge in [0.1, 0.15) is 11.5 Å². The van der Waals surface area contributed by atoms with Crippen molar-refractivity contribution in [2.75, 3.05) is 12.4 Å². The van der Waals surface area contributed by atoms with E-state index < -0.39 is 0 Å². The summed E-state index contributed by atoms with van der Waals surface area (Å²) in [5, 5.41) is 3.38. The SMILES string of the molecule is COc1ncccc1NC(C)c1cc(C)oc1C. The van der Waals surface area contributed by atoms with Crippen LogP contribution in [-0.4, -0.2) is 12.1 Å². The van der Waals surface area contributed by atoms with Gasteiger partial charge in [-0.15, -0.1) is 0 Å². The summed E-state index contributed by atoms with van der Waals surface area (Å²) in [6.45, 7) is 6.01. The molecule has 96 valence electrons. The van der Waals surface area contributed by atoms with E-state index in [0.29, 0.717) is 5.88 Å². The fourth-order valence-electron chi connectivity index (χ4n) is 2.05. The van der Waals surface area contributed by atoms with Gasteiger partial charge < -0.3 is 14.5 Å². The first-order chi connectivity index (χ1) is 8.61. The van der Waals surface area contributed by atoms with Gasteiger partial charge in [-0.25, -0.2) is 4.98 Å². The maximum Gasteiger partial charge on any atom is 0.237 e. The van der Waals surface area contributed by atoms with E-state index in [2.05, 4.69) is 23.3 Å². The Balaban J connectivity index is 2.21. The maximum atomic E-state index is 5.54. The molecule has 0 aliphatic rings. The smallest absolute Gasteiger partial charge is 0.237 e. The standard InChI is InChI=1S/C14H18N2O2/c1-9-8-12(11(3)18-9)10(2)16-13-6-5-7-15-14(13)17-4/h5-8,10,16H,1-4H3. The average molecular weight is 246 g/mol. The quantitative estimate of drug-likeness (QED) is 0.897. The fourth-order valence-corrected chi connectivity index (χ4v) is 2.05. The van der Waals surface area contributed by atoms with Crippen LogP contribution in [0.2, 0.25) is 0 Å². The molecule has 0 saturated carbocycles. The van der Waals surface area contributed by atoms with E-state index in [9.17, 15) is 0 Å². The number of hydrogen-bond acceptors (Lipinski definition) is 4. The molecule has 0 aromatic carbocycles. The van der Waals surface area contributed by atoms with Crippen LogP contribution >= 0.6 is 0 Å². The molecule has 1 atom stereocenters. The van der Waals surface area contributed by atoms with E-state index in [-0.39, 0.29) is 6.04 Å². The Morgan fingerprint density at radius 1 is 1.39 bits per heavy atom. The summed E-state index contributed by atoms with van der Waals surface area (Å²) in [6, 6.07) is 6.02. The second kappa shape index (κ2) is 5.12. The van der Waals surface area contributed by atoms with E-state index in [1.165, 1.54) is 0 Å². The van der Waals surface area contributed by atoms with Gasteiger partial charge in [-0.3, -0.25) is 0 Å². The predicted octanol–water partition coefficient (Wildman–Crippen LogP) is 3.47. The van der Waals surface area contributed by atoms with Gasteiger partial charge in [-0.1, -0.05) is 0 Å². The van der Waals surface area contributed by atoms with Gasteiger partial charge in [0, 0.05) is 11.8 Å². The number of rotatable bonds is 4. The Labute approximate surface area is 107 Å². The van der Waals surface area contributed by atoms with Crippen LogP contribution in [0, 0.1) is 13.8 Å². The highest BCUT2D eigenvalue weighted by atomic mass is 16.5. The van der Waals surface area contributed by atoms with Gasteiger partial charge in [0.05, 0.1) is 18.8 Å². The monoisotopic (exact) mass is 246 g/mol. The number of anilines is 1. The molecule has 4 heteroatoms. The van der Waals surface area contributed by atoms with E-state index in [1.54, 1.807) is 13.3 Å². The Hall–Kier alpha value is -1.97. The number of aryl methyl sites for hydroxylation is 2. The average Bonchev–Trinajstić information content (AvgIpc) is 2.69. The first-order valence-electron chi connectivity index (χ1n) is 5.94. The first kappa shape index (κ1) is 12.5. The van der Waals surface area contributed by atoms with E-state index in [0.717, 1.165) is 22.8 Å². The minimum absolute atomic E-state index is 0.139. The number of methoxy groups -OCH3 is 1. The van der Waals surface area contributed by atoms with Crippen molar-refractivity contribution < 1.29 is 9.15 Å². The lowest BCUT2D eigenvalue weighted by Gasteiger charge is -2.16. The van der Waals surface area contributed by atoms with E-state index in [1.807, 2.05) is 26.0 Å². The van der Waals surface area contributed by atoms with Crippen molar-refractivity contribution in [1.82, 2.24) is 4.98 Å². The summed E-state index contributed by atoms with van der Waals surface area (Å²) in [7, 11) is 1.62. The number of ether oxygens (including phenoxy) is 1. The molecular formula is C14H18N2O2. The molecule has 0 bridgehead atoms. The van der Waals surface area contributed by atoms with Gasteiger partial charge in [0.25, 0.3) is 0 Å². The molecule has 2 heterocycles. The van der Waals surface area contributed by atoms with Crippen molar-refractivity contribution in [2.24, 2.45) is 0 Å². The van der Waals surface area contributed by atoms with Crippen LogP contribution in [0.4, 0.5) is 5.69 Å². The van der Waals surface area contributed by atoms with Crippen LogP contribution in [0.3, 0.4) is 0 Å². The van der Waals surface area contributed by atoms with Gasteiger partial charge in [-0.05, 0) is 39.0 Å². The third-order valence-electron chi connectivity index (χ3n) is 2.88. The van der Waals surface area contributed by atoms with Crippen molar-refractivity contribution in [3.8, 4) is 5.88 Å². The lowest BCUT2D eigenvalue weighted by Crippen LogP contribution is -2.08. The molecule has 0 fully saturated rings. The molecule has 0 saturated heterocycles. The highest BCUT2D eigenvalue weighted by molar-refractivity contribution is 5.53. The molecule has 18 heavy (non-hydrogen) atoms. The Bertz CT molecular complexity index is 534. The molecule has 0 amide bonds. The minimum Gasteiger partial charge on any atom is -0.480 e. The third kappa shape index (κ3) is 2.47. The summed E-state index contributed by atoms with van der Waals surface area (Å²) >= 11 is 0. The number of nitrogens with one attached hydrogen (secondary N) is 1. The topological polar surface area (TPSA) is 47.3 Å². The number of aromatic nitrogens is 1. The van der Waals surface area contributed by atoms with Crippen molar-refractivity contribution in [3.05, 3.63) is 41.5 Å². The van der Waals surface area contributed by atoms with Crippen LogP contribution in [0.1, 0.15) is 30.0 Å². The Kier molecular flexibility index (Phi) is 3.55. The molecule has 0 spiro atoms. The highest BCUT2D eigenvalue weighted by Crippen LogP contribution is 2.28. The van der Waals surface area contributed by atoms with Crippen molar-refractivity contribution in [3.63, 3.8) is 0 Å². The van der Waals surface area contributed by atoms with Crippen LogP contribution in [0.25, 0.3) is 0 Å². The zero-order valence-corrected chi connectivity index (χ0v) is 11.2. The summed E-state index contributed by atoms with van der Waals surface area (Å²) in [6.07, 6.45) is 1.71. The molecule has 4 nitrogen and oxygen atoms in total. The van der Waals surface area contributed by atoms with Crippen LogP contribution < -0.4 is 10.1 Å². The van der Waals surface area contributed by atoms with Crippen molar-refractivity contribution in [1.29, 1.82) is 0 Å². The van der Waals surface area contributed by atoms with Crippen LogP contribution in [0.15, 0.2) is 28.8 Å². The minimum atomic E-state index is 0.139. The summed E-state index contributed by atoms with van der Waals surface area (Å²) in [5.74, 6) is 2.46. The summed E-state index contributed by atoms with van der Waals surface area (Å²) < 4.78 is 10.8. The molecule has 0 aliphatic carbocycles. The molecule has 1 unspecified atom stereocenters. The predicted molar refractivity (Wildman–Crippen MR) is 71.0 cm³/mol. The Morgan fingerprint density at radius 3 is 2.78 bits per heavy atom. The molecule has 1 N–H and O–H groups in total. The zero-order chi connectivity index (χ0) is 13.1. The second-order valence-corrected chi connectivity index (χ2v) is 4.29. The summed E-state index contributed by atoms with van der Waals surface area (Å²) in [4.78, 5) is 4.16. The van der Waals surface area contributed by atoms with Crippen molar-refractivity contribution >= 4 is 5.69 Å². The molecular weight excluding hydrogens is 228 g/mol. The van der Waals surface area contributed by atoms with Gasteiger partial charge in [-0.2, -0.15) is 0 Å². The van der Waals surface area contributed by atoms with Gasteiger partial charge in [0.15, 0.2) is 0 Å². The molecule has 0 aliphatic heterocycles. The first-order valence-corrected chi connectivity index (χ1v) is 5.94. The number of pyridine rings is 1. The number of nitrogens with zero attached hydrogens (tertiary/aromatic N) is 1. The molecule has 2 aromatic rings. The normalized spacial score (nSPS) is 12.2. The lowest BCUT2D eigenvalue weighted by atomic mass is 10.1. The fraction of sp³-hybridized carbons (Fsp3) is 0.357. The number of furan rings is 1. The van der Waals surface area contributed by atoms with Crippen LogP contribution in [0.5, 0.6) is 5.88 Å². The van der Waals surface area contributed by atoms with Gasteiger partial charge in [0.2, 0.25) is 5.88 Å². The van der Waals surface area contributed by atoms with Crippen LogP contribution in [-0.2, 0) is 0 Å². The van der Waals surface area contributed by atoms with Crippen molar-refractivity contribution in [2.45, 2.75) is 26.8 Å². The molecule has 2 aromatic heterocycles. The lowest BCUT2D eigenvalue weighted by molar-refractivity contribution is 0.399. The maximum absolute atomic E-state index is 5.54. The molecule has 0 radical (unpaired) electrons. The second-order valence-electron chi connectivity index (χ2n) is 4.29.